The largest absolute Gasteiger partial charge is 0.310 e. The van der Waals surface area contributed by atoms with Crippen LogP contribution in [-0.4, -0.2) is 0 Å². The molecule has 0 aliphatic carbocycles. The number of rotatable bonds is 9. The van der Waals surface area contributed by atoms with Crippen molar-refractivity contribution in [2.45, 2.75) is 0 Å². The van der Waals surface area contributed by atoms with Gasteiger partial charge in [0.25, 0.3) is 0 Å². The molecule has 11 aromatic rings. The molecule has 0 aliphatic rings. The van der Waals surface area contributed by atoms with E-state index < -0.39 is 0 Å². The fraction of sp³-hybridized carbons (Fsp3) is 0. The lowest BCUT2D eigenvalue weighted by molar-refractivity contribution is 1.28. The van der Waals surface area contributed by atoms with Gasteiger partial charge in [-0.15, -0.1) is 0 Å². The highest BCUT2D eigenvalue weighted by molar-refractivity contribution is 6.12. The van der Waals surface area contributed by atoms with Crippen LogP contribution in [0.15, 0.2) is 261 Å². The lowest BCUT2D eigenvalue weighted by Gasteiger charge is -2.29. The molecule has 1 nitrogen and oxygen atoms in total. The second-order valence-electron chi connectivity index (χ2n) is 16.0. The Balaban J connectivity index is 1.05. The van der Waals surface area contributed by atoms with Gasteiger partial charge in [0.2, 0.25) is 0 Å². The van der Waals surface area contributed by atoms with E-state index in [-0.39, 0.29) is 0 Å². The molecule has 0 unspecified atom stereocenters. The number of hydrogen-bond donors (Lipinski definition) is 0. The van der Waals surface area contributed by atoms with Crippen molar-refractivity contribution < 1.29 is 0 Å². The quantitative estimate of drug-likeness (QED) is 0.131. The van der Waals surface area contributed by atoms with Crippen LogP contribution in [0.2, 0.25) is 0 Å². The molecule has 0 saturated heterocycles. The predicted molar refractivity (Wildman–Crippen MR) is 269 cm³/mol. The minimum absolute atomic E-state index is 1.08. The van der Waals surface area contributed by atoms with Crippen LogP contribution in [0.5, 0.6) is 0 Å². The van der Waals surface area contributed by atoms with Gasteiger partial charge in [0.15, 0.2) is 0 Å². The van der Waals surface area contributed by atoms with E-state index in [9.17, 15) is 0 Å². The van der Waals surface area contributed by atoms with Crippen LogP contribution in [0, 0.1) is 0 Å². The minimum atomic E-state index is 1.08. The number of fused-ring (bicyclic) bond motifs is 3. The van der Waals surface area contributed by atoms with E-state index in [1.165, 1.54) is 82.7 Å². The first-order chi connectivity index (χ1) is 31.3. The van der Waals surface area contributed by atoms with Crippen molar-refractivity contribution in [1.29, 1.82) is 0 Å². The molecule has 0 atom stereocenters. The summed E-state index contributed by atoms with van der Waals surface area (Å²) in [6, 6.07) is 94.6. The zero-order chi connectivity index (χ0) is 42.0. The van der Waals surface area contributed by atoms with E-state index in [0.717, 1.165) is 22.6 Å². The fourth-order valence-electron chi connectivity index (χ4n) is 9.26. The molecule has 63 heavy (non-hydrogen) atoms. The average molecular weight is 802 g/mol. The summed E-state index contributed by atoms with van der Waals surface area (Å²) < 4.78 is 0. The van der Waals surface area contributed by atoms with Crippen molar-refractivity contribution in [3.05, 3.63) is 261 Å². The van der Waals surface area contributed by atoms with E-state index in [1.807, 2.05) is 0 Å². The molecule has 11 rings (SSSR count). The van der Waals surface area contributed by atoms with Crippen LogP contribution in [-0.2, 0) is 0 Å². The van der Waals surface area contributed by atoms with Crippen LogP contribution < -0.4 is 4.90 Å². The first kappa shape index (κ1) is 37.7. The summed E-state index contributed by atoms with van der Waals surface area (Å²) in [7, 11) is 0. The van der Waals surface area contributed by atoms with Gasteiger partial charge in [-0.1, -0.05) is 224 Å². The van der Waals surface area contributed by atoms with E-state index in [2.05, 4.69) is 266 Å². The highest BCUT2D eigenvalue weighted by Gasteiger charge is 2.21. The maximum Gasteiger partial charge on any atom is 0.0540 e. The maximum absolute atomic E-state index is 2.42. The van der Waals surface area contributed by atoms with Gasteiger partial charge in [-0.3, -0.25) is 0 Å². The Morgan fingerprint density at radius 3 is 1.32 bits per heavy atom. The molecular formula is C62H43N. The third-order valence-corrected chi connectivity index (χ3v) is 12.3. The first-order valence-corrected chi connectivity index (χ1v) is 21.7. The molecule has 0 bridgehead atoms. The fourth-order valence-corrected chi connectivity index (χ4v) is 9.26. The van der Waals surface area contributed by atoms with E-state index in [0.29, 0.717) is 0 Å². The Bertz CT molecular complexity index is 3370. The maximum atomic E-state index is 2.42. The van der Waals surface area contributed by atoms with Crippen LogP contribution in [0.25, 0.3) is 88.3 Å². The van der Waals surface area contributed by atoms with E-state index >= 15 is 0 Å². The van der Waals surface area contributed by atoms with Crippen molar-refractivity contribution in [1.82, 2.24) is 0 Å². The Morgan fingerprint density at radius 2 is 0.635 bits per heavy atom. The molecule has 0 spiro atoms. The summed E-state index contributed by atoms with van der Waals surface area (Å²) in [5.41, 5.74) is 17.6. The molecule has 0 N–H and O–H groups in total. The van der Waals surface area contributed by atoms with Crippen LogP contribution in [0.4, 0.5) is 17.1 Å². The van der Waals surface area contributed by atoms with Gasteiger partial charge < -0.3 is 4.90 Å². The molecule has 0 fully saturated rings. The van der Waals surface area contributed by atoms with Crippen molar-refractivity contribution in [2.75, 3.05) is 4.90 Å². The van der Waals surface area contributed by atoms with Gasteiger partial charge in [0, 0.05) is 16.9 Å². The van der Waals surface area contributed by atoms with Gasteiger partial charge in [-0.2, -0.15) is 0 Å². The van der Waals surface area contributed by atoms with Crippen molar-refractivity contribution in [3.8, 4) is 66.8 Å². The lowest BCUT2D eigenvalue weighted by atomic mass is 9.88. The molecule has 0 radical (unpaired) electrons. The second-order valence-corrected chi connectivity index (χ2v) is 16.0. The van der Waals surface area contributed by atoms with Crippen molar-refractivity contribution in [3.63, 3.8) is 0 Å². The van der Waals surface area contributed by atoms with Crippen molar-refractivity contribution in [2.24, 2.45) is 0 Å². The monoisotopic (exact) mass is 801 g/mol. The smallest absolute Gasteiger partial charge is 0.0540 e. The SMILES string of the molecule is c1ccc(-c2cccc(-c3ccc(N(c4ccc(-c5cccc6c5ccc5ccccc56)cc4)c4ccccc4-c4ccccc4-c4ccccc4-c4ccccc4)cc3)c2)cc1. The third-order valence-electron chi connectivity index (χ3n) is 12.3. The molecule has 1 heteroatoms. The number of nitrogens with zero attached hydrogens (tertiary/aromatic N) is 1. The predicted octanol–water partition coefficient (Wildman–Crippen LogP) is 17.5. The Hall–Kier alpha value is -8.26. The van der Waals surface area contributed by atoms with Gasteiger partial charge >= 0.3 is 0 Å². The number of para-hydroxylation sites is 1. The van der Waals surface area contributed by atoms with Crippen LogP contribution in [0.1, 0.15) is 0 Å². The molecule has 296 valence electrons. The van der Waals surface area contributed by atoms with Crippen molar-refractivity contribution >= 4 is 38.6 Å². The summed E-state index contributed by atoms with van der Waals surface area (Å²) >= 11 is 0. The number of benzene rings is 11. The lowest BCUT2D eigenvalue weighted by Crippen LogP contribution is -2.11. The Morgan fingerprint density at radius 1 is 0.206 bits per heavy atom. The molecule has 0 aromatic heterocycles. The van der Waals surface area contributed by atoms with Gasteiger partial charge in [-0.25, -0.2) is 0 Å². The summed E-state index contributed by atoms with van der Waals surface area (Å²) in [5, 5.41) is 5.06. The van der Waals surface area contributed by atoms with Gasteiger partial charge in [0.05, 0.1) is 5.69 Å². The van der Waals surface area contributed by atoms with Crippen LogP contribution >= 0.6 is 0 Å². The zero-order valence-corrected chi connectivity index (χ0v) is 34.8. The summed E-state index contributed by atoms with van der Waals surface area (Å²) in [6.45, 7) is 0. The van der Waals surface area contributed by atoms with Gasteiger partial charge in [0.1, 0.15) is 0 Å². The summed E-state index contributed by atoms with van der Waals surface area (Å²) in [6.07, 6.45) is 0. The molecule has 11 aromatic carbocycles. The highest BCUT2D eigenvalue weighted by atomic mass is 15.1. The van der Waals surface area contributed by atoms with E-state index in [1.54, 1.807) is 0 Å². The highest BCUT2D eigenvalue weighted by Crippen LogP contribution is 2.46. The topological polar surface area (TPSA) is 3.24 Å². The summed E-state index contributed by atoms with van der Waals surface area (Å²) in [5.74, 6) is 0. The molecule has 0 heterocycles. The second kappa shape index (κ2) is 16.7. The molecule has 0 amide bonds. The Kier molecular flexibility index (Phi) is 9.97. The molecule has 0 saturated carbocycles. The number of hydrogen-bond acceptors (Lipinski definition) is 1. The van der Waals surface area contributed by atoms with E-state index in [4.69, 9.17) is 0 Å². The summed E-state index contributed by atoms with van der Waals surface area (Å²) in [4.78, 5) is 2.42. The van der Waals surface area contributed by atoms with Crippen LogP contribution in [0.3, 0.4) is 0 Å². The molecular weight excluding hydrogens is 759 g/mol. The number of anilines is 3. The standard InChI is InChI=1S/C62H43N/c1-3-17-44(18-4-1)49-22-15-23-50(43-49)45-33-38-51(39-34-45)63(52-40-35-48(36-41-52)55-30-16-31-57-54-24-8-7-21-47(54)37-42-60(55)57)62-32-14-13-29-61(62)59-28-12-11-27-58(59)56-26-10-9-25-53(56)46-19-5-2-6-20-46/h1-43H. The minimum Gasteiger partial charge on any atom is -0.310 e. The first-order valence-electron chi connectivity index (χ1n) is 21.7. The Labute approximate surface area is 369 Å². The normalized spacial score (nSPS) is 11.2. The molecule has 0 aliphatic heterocycles. The average Bonchev–Trinajstić information content (AvgIpc) is 3.37. The van der Waals surface area contributed by atoms with Gasteiger partial charge in [-0.05, 0) is 119 Å². The zero-order valence-electron chi connectivity index (χ0n) is 34.8. The third kappa shape index (κ3) is 7.26.